The minimum Gasteiger partial charge on any atom is -0.458 e. The first-order valence-corrected chi connectivity index (χ1v) is 6.46. The van der Waals surface area contributed by atoms with Crippen LogP contribution in [0.3, 0.4) is 0 Å². The molecule has 1 amide bonds. The third kappa shape index (κ3) is 4.49. The number of hydrogen-bond donors (Lipinski definition) is 1. The Bertz CT molecular complexity index is 354. The number of ether oxygens (including phenoxy) is 1. The van der Waals surface area contributed by atoms with Crippen LogP contribution in [0.4, 0.5) is 0 Å². The third-order valence-corrected chi connectivity index (χ3v) is 3.20. The summed E-state index contributed by atoms with van der Waals surface area (Å²) in [5.74, 6) is -0.575. The zero-order valence-corrected chi connectivity index (χ0v) is 13.7. The van der Waals surface area contributed by atoms with Gasteiger partial charge in [0.05, 0.1) is 5.54 Å². The number of hydrogen-bond acceptors (Lipinski definition) is 4. The van der Waals surface area contributed by atoms with Gasteiger partial charge in [0.1, 0.15) is 11.1 Å². The van der Waals surface area contributed by atoms with E-state index in [4.69, 9.17) is 4.74 Å². The first-order valence-electron chi connectivity index (χ1n) is 6.46. The van der Waals surface area contributed by atoms with E-state index in [1.807, 2.05) is 0 Å². The van der Waals surface area contributed by atoms with E-state index < -0.39 is 22.6 Å². The van der Waals surface area contributed by atoms with E-state index >= 15 is 0 Å². The highest BCUT2D eigenvalue weighted by Gasteiger charge is 2.42. The lowest BCUT2D eigenvalue weighted by atomic mass is 9.97. The molecule has 5 heteroatoms. The highest BCUT2D eigenvalue weighted by molar-refractivity contribution is 5.91. The smallest absolute Gasteiger partial charge is 0.331 e. The second-order valence-corrected chi connectivity index (χ2v) is 6.80. The lowest BCUT2D eigenvalue weighted by molar-refractivity contribution is -0.171. The van der Waals surface area contributed by atoms with Crippen molar-refractivity contribution in [2.75, 3.05) is 14.1 Å². The van der Waals surface area contributed by atoms with Crippen molar-refractivity contribution in [2.24, 2.45) is 0 Å². The fraction of sp³-hybridized carbons (Fsp3) is 0.857. The average Bonchev–Trinajstić information content (AvgIpc) is 2.24. The summed E-state index contributed by atoms with van der Waals surface area (Å²) in [5.41, 5.74) is -2.32. The van der Waals surface area contributed by atoms with Gasteiger partial charge in [-0.25, -0.2) is 4.79 Å². The fourth-order valence-corrected chi connectivity index (χ4v) is 1.32. The Hall–Kier alpha value is -1.10. The van der Waals surface area contributed by atoms with E-state index in [1.165, 1.54) is 4.90 Å². The molecule has 0 aromatic heterocycles. The zero-order valence-electron chi connectivity index (χ0n) is 13.7. The predicted octanol–water partition coefficient (Wildman–Crippen LogP) is 1.56. The number of rotatable bonds is 4. The lowest BCUT2D eigenvalue weighted by Gasteiger charge is -2.39. The van der Waals surface area contributed by atoms with Crippen molar-refractivity contribution < 1.29 is 14.3 Å². The van der Waals surface area contributed by atoms with Crippen molar-refractivity contribution in [3.05, 3.63) is 0 Å². The Morgan fingerprint density at radius 3 is 1.74 bits per heavy atom. The van der Waals surface area contributed by atoms with Gasteiger partial charge in [-0.1, -0.05) is 0 Å². The molecule has 0 saturated carbocycles. The monoisotopic (exact) mass is 272 g/mol. The van der Waals surface area contributed by atoms with Crippen LogP contribution in [0.1, 0.15) is 48.5 Å². The van der Waals surface area contributed by atoms with Crippen LogP contribution < -0.4 is 5.32 Å². The minimum absolute atomic E-state index is 0.161. The molecule has 1 N–H and O–H groups in total. The molecule has 0 aliphatic rings. The summed E-state index contributed by atoms with van der Waals surface area (Å²) in [7, 11) is 3.33. The quantitative estimate of drug-likeness (QED) is 0.789. The lowest BCUT2D eigenvalue weighted by Crippen LogP contribution is -2.60. The molecule has 0 bridgehead atoms. The summed E-state index contributed by atoms with van der Waals surface area (Å²) in [6.07, 6.45) is 0. The maximum Gasteiger partial charge on any atom is 0.331 e. The maximum atomic E-state index is 12.4. The molecule has 0 saturated heterocycles. The van der Waals surface area contributed by atoms with Crippen LogP contribution in [0, 0.1) is 0 Å². The number of esters is 1. The number of carbonyl (C=O) groups excluding carboxylic acids is 2. The molecule has 0 aromatic carbocycles. The van der Waals surface area contributed by atoms with Gasteiger partial charge < -0.3 is 15.0 Å². The topological polar surface area (TPSA) is 58.6 Å². The van der Waals surface area contributed by atoms with Crippen molar-refractivity contribution >= 4 is 11.9 Å². The number of likely N-dealkylation sites (N-methyl/N-ethyl adjacent to an activating group) is 2. The van der Waals surface area contributed by atoms with Gasteiger partial charge in [0.2, 0.25) is 5.91 Å². The molecule has 0 fully saturated rings. The Balaban J connectivity index is 5.11. The number of nitrogens with one attached hydrogen (secondary N) is 1. The van der Waals surface area contributed by atoms with Gasteiger partial charge in [0, 0.05) is 7.05 Å². The van der Waals surface area contributed by atoms with E-state index in [2.05, 4.69) is 5.32 Å². The van der Waals surface area contributed by atoms with Crippen LogP contribution in [0.25, 0.3) is 0 Å². The van der Waals surface area contributed by atoms with Crippen LogP contribution >= 0.6 is 0 Å². The Morgan fingerprint density at radius 1 is 1.00 bits per heavy atom. The number of amides is 1. The Kier molecular flexibility index (Phi) is 5.17. The molecule has 0 aromatic rings. The Labute approximate surface area is 116 Å². The summed E-state index contributed by atoms with van der Waals surface area (Å²) in [6.45, 7) is 12.3. The van der Waals surface area contributed by atoms with Crippen LogP contribution in [-0.4, -0.2) is 47.6 Å². The van der Waals surface area contributed by atoms with Crippen molar-refractivity contribution in [2.45, 2.75) is 65.1 Å². The SMILES string of the molecule is CNC(C)(C)C(=O)N(C)C(C)(C)C(=O)OC(C)(C)C. The third-order valence-electron chi connectivity index (χ3n) is 3.20. The summed E-state index contributed by atoms with van der Waals surface area (Å²) in [4.78, 5) is 26.0. The minimum atomic E-state index is -1.02. The highest BCUT2D eigenvalue weighted by atomic mass is 16.6. The zero-order chi connectivity index (χ0) is 15.6. The first-order chi connectivity index (χ1) is 8.25. The summed E-state index contributed by atoms with van der Waals surface area (Å²) in [5, 5.41) is 2.94. The van der Waals surface area contributed by atoms with Crippen molar-refractivity contribution in [1.29, 1.82) is 0 Å². The van der Waals surface area contributed by atoms with Gasteiger partial charge >= 0.3 is 5.97 Å². The highest BCUT2D eigenvalue weighted by Crippen LogP contribution is 2.21. The van der Waals surface area contributed by atoms with Gasteiger partial charge in [0.25, 0.3) is 0 Å². The molecule has 0 spiro atoms. The standard InChI is InChI=1S/C14H28N2O3/c1-12(2,3)19-11(18)14(6,7)16(9)10(17)13(4,5)15-8/h15H,1-9H3. The van der Waals surface area contributed by atoms with Crippen LogP contribution in [0.15, 0.2) is 0 Å². The number of nitrogens with zero attached hydrogens (tertiary/aromatic N) is 1. The van der Waals surface area contributed by atoms with Crippen LogP contribution in [-0.2, 0) is 14.3 Å². The molecule has 0 atom stereocenters. The molecular formula is C14H28N2O3. The van der Waals surface area contributed by atoms with E-state index in [0.717, 1.165) is 0 Å². The number of carbonyl (C=O) groups is 2. The first kappa shape index (κ1) is 17.9. The molecule has 0 aliphatic heterocycles. The van der Waals surface area contributed by atoms with E-state index in [-0.39, 0.29) is 5.91 Å². The van der Waals surface area contributed by atoms with E-state index in [1.54, 1.807) is 62.6 Å². The second kappa shape index (κ2) is 5.49. The molecule has 0 heterocycles. The van der Waals surface area contributed by atoms with Gasteiger partial charge in [-0.2, -0.15) is 0 Å². The summed E-state index contributed by atoms with van der Waals surface area (Å²) < 4.78 is 5.37. The molecule has 0 rings (SSSR count). The normalized spacial score (nSPS) is 13.1. The van der Waals surface area contributed by atoms with Crippen LogP contribution in [0.2, 0.25) is 0 Å². The van der Waals surface area contributed by atoms with Crippen molar-refractivity contribution in [3.8, 4) is 0 Å². The van der Waals surface area contributed by atoms with Gasteiger partial charge in [0.15, 0.2) is 0 Å². The van der Waals surface area contributed by atoms with Crippen molar-refractivity contribution in [3.63, 3.8) is 0 Å². The second-order valence-electron chi connectivity index (χ2n) is 6.80. The largest absolute Gasteiger partial charge is 0.458 e. The van der Waals surface area contributed by atoms with E-state index in [9.17, 15) is 9.59 Å². The van der Waals surface area contributed by atoms with Crippen LogP contribution in [0.5, 0.6) is 0 Å². The molecule has 5 nitrogen and oxygen atoms in total. The fourth-order valence-electron chi connectivity index (χ4n) is 1.32. The summed E-state index contributed by atoms with van der Waals surface area (Å²) in [6, 6.07) is 0. The van der Waals surface area contributed by atoms with Gasteiger partial charge in [-0.3, -0.25) is 4.79 Å². The molecule has 0 aliphatic carbocycles. The van der Waals surface area contributed by atoms with Gasteiger partial charge in [-0.15, -0.1) is 0 Å². The summed E-state index contributed by atoms with van der Waals surface area (Å²) >= 11 is 0. The van der Waals surface area contributed by atoms with Gasteiger partial charge in [-0.05, 0) is 55.5 Å². The molecule has 0 radical (unpaired) electrons. The molecule has 0 unspecified atom stereocenters. The molecular weight excluding hydrogens is 244 g/mol. The predicted molar refractivity (Wildman–Crippen MR) is 75.8 cm³/mol. The Morgan fingerprint density at radius 2 is 1.42 bits per heavy atom. The van der Waals surface area contributed by atoms with E-state index in [0.29, 0.717) is 0 Å². The molecule has 19 heavy (non-hydrogen) atoms. The maximum absolute atomic E-state index is 12.4. The average molecular weight is 272 g/mol. The molecule has 112 valence electrons. The van der Waals surface area contributed by atoms with Crippen molar-refractivity contribution in [1.82, 2.24) is 10.2 Å².